The molecule has 0 aliphatic heterocycles. The molecule has 0 spiro atoms. The number of aromatic hydroxyl groups is 1. The smallest absolute Gasteiger partial charge is 0.278 e. The summed E-state index contributed by atoms with van der Waals surface area (Å²) in [5.74, 6) is 0.415. The Morgan fingerprint density at radius 2 is 1.95 bits per heavy atom. The Labute approximate surface area is 129 Å². The average Bonchev–Trinajstić information content (AvgIpc) is 2.46. The first kappa shape index (κ1) is 15.7. The molecule has 0 saturated heterocycles. The van der Waals surface area contributed by atoms with Gasteiger partial charge in [0.1, 0.15) is 5.75 Å². The molecule has 22 heavy (non-hydrogen) atoms. The van der Waals surface area contributed by atoms with Gasteiger partial charge in [0.15, 0.2) is 0 Å². The van der Waals surface area contributed by atoms with E-state index in [4.69, 9.17) is 0 Å². The number of para-hydroxylation sites is 1. The molecule has 0 aliphatic carbocycles. The molecule has 1 N–H and O–H groups in total. The van der Waals surface area contributed by atoms with Crippen molar-refractivity contribution in [2.75, 3.05) is 0 Å². The van der Waals surface area contributed by atoms with Crippen LogP contribution in [0.3, 0.4) is 0 Å². The minimum absolute atomic E-state index is 0.0202. The molecule has 0 radical (unpaired) electrons. The third kappa shape index (κ3) is 3.31. The van der Waals surface area contributed by atoms with Gasteiger partial charge in [0.2, 0.25) is 0 Å². The van der Waals surface area contributed by atoms with Gasteiger partial charge >= 0.3 is 0 Å². The molecule has 0 amide bonds. The van der Waals surface area contributed by atoms with Crippen LogP contribution < -0.4 is 0 Å². The highest BCUT2D eigenvalue weighted by atomic mass is 16.6. The Morgan fingerprint density at radius 3 is 2.59 bits per heavy atom. The van der Waals surface area contributed by atoms with Crippen LogP contribution in [0.25, 0.3) is 0 Å². The summed E-state index contributed by atoms with van der Waals surface area (Å²) in [5, 5.41) is 20.9. The fraction of sp³-hybridized carbons (Fsp3) is 0.235. The van der Waals surface area contributed by atoms with Crippen LogP contribution in [-0.4, -0.2) is 16.2 Å². The van der Waals surface area contributed by atoms with Crippen LogP contribution in [0.5, 0.6) is 5.75 Å². The molecular weight excluding hydrogens is 280 g/mol. The Morgan fingerprint density at radius 1 is 1.27 bits per heavy atom. The van der Waals surface area contributed by atoms with Crippen LogP contribution in [0.4, 0.5) is 11.4 Å². The normalized spacial score (nSPS) is 11.3. The topological polar surface area (TPSA) is 75.7 Å². The van der Waals surface area contributed by atoms with Crippen LogP contribution in [0.1, 0.15) is 36.5 Å². The van der Waals surface area contributed by atoms with E-state index in [0.29, 0.717) is 11.3 Å². The predicted molar refractivity (Wildman–Crippen MR) is 87.3 cm³/mol. The van der Waals surface area contributed by atoms with Crippen molar-refractivity contribution >= 4 is 17.6 Å². The Hall–Kier alpha value is -2.69. The highest BCUT2D eigenvalue weighted by Crippen LogP contribution is 2.32. The van der Waals surface area contributed by atoms with Crippen molar-refractivity contribution in [3.63, 3.8) is 0 Å². The Kier molecular flexibility index (Phi) is 4.56. The van der Waals surface area contributed by atoms with Crippen molar-refractivity contribution < 1.29 is 10.0 Å². The maximum Gasteiger partial charge on any atom is 0.278 e. The van der Waals surface area contributed by atoms with Crippen LogP contribution in [0, 0.1) is 17.0 Å². The Bertz CT molecular complexity index is 737. The molecular formula is C17H18N2O3. The van der Waals surface area contributed by atoms with Gasteiger partial charge in [-0.25, -0.2) is 0 Å². The first-order valence-corrected chi connectivity index (χ1v) is 7.01. The van der Waals surface area contributed by atoms with Crippen molar-refractivity contribution in [1.29, 1.82) is 0 Å². The third-order valence-corrected chi connectivity index (χ3v) is 3.44. The molecule has 0 fully saturated rings. The number of nitro benzene ring substituents is 1. The number of aryl methyl sites for hydroxylation is 1. The minimum Gasteiger partial charge on any atom is -0.508 e. The summed E-state index contributed by atoms with van der Waals surface area (Å²) in [7, 11) is 0. The molecule has 5 nitrogen and oxygen atoms in total. The zero-order chi connectivity index (χ0) is 16.3. The van der Waals surface area contributed by atoms with Gasteiger partial charge in [0.25, 0.3) is 5.69 Å². The third-order valence-electron chi connectivity index (χ3n) is 3.44. The zero-order valence-corrected chi connectivity index (χ0v) is 12.8. The van der Waals surface area contributed by atoms with E-state index in [-0.39, 0.29) is 17.4 Å². The van der Waals surface area contributed by atoms with Gasteiger partial charge in [0.05, 0.1) is 16.2 Å². The maximum atomic E-state index is 11.0. The van der Waals surface area contributed by atoms with Crippen LogP contribution in [-0.2, 0) is 0 Å². The van der Waals surface area contributed by atoms with Crippen molar-refractivity contribution in [2.24, 2.45) is 4.99 Å². The Balaban J connectivity index is 2.43. The lowest BCUT2D eigenvalue weighted by Crippen LogP contribution is -1.94. The lowest BCUT2D eigenvalue weighted by Gasteiger charge is -2.11. The van der Waals surface area contributed by atoms with Gasteiger partial charge < -0.3 is 5.11 Å². The van der Waals surface area contributed by atoms with E-state index < -0.39 is 4.92 Å². The fourth-order valence-electron chi connectivity index (χ4n) is 2.20. The average molecular weight is 298 g/mol. The van der Waals surface area contributed by atoms with Crippen LogP contribution in [0.15, 0.2) is 41.4 Å². The van der Waals surface area contributed by atoms with E-state index in [1.165, 1.54) is 12.3 Å². The van der Waals surface area contributed by atoms with E-state index in [1.807, 2.05) is 26.8 Å². The molecule has 0 aromatic heterocycles. The van der Waals surface area contributed by atoms with E-state index >= 15 is 0 Å². The largest absolute Gasteiger partial charge is 0.508 e. The van der Waals surface area contributed by atoms with Crippen molar-refractivity contribution in [3.05, 3.63) is 63.2 Å². The standard InChI is InChI=1S/C17H18N2O3/c1-11(2)14-9-15(12(3)8-17(14)20)18-10-13-6-4-5-7-16(13)19(21)22/h4-11,20H,1-3H3. The number of benzene rings is 2. The molecule has 2 rings (SSSR count). The molecule has 0 bridgehead atoms. The summed E-state index contributed by atoms with van der Waals surface area (Å²) in [6.07, 6.45) is 1.49. The second-order valence-corrected chi connectivity index (χ2v) is 5.43. The molecule has 0 unspecified atom stereocenters. The summed E-state index contributed by atoms with van der Waals surface area (Å²) in [6.45, 7) is 5.82. The van der Waals surface area contributed by atoms with Gasteiger partial charge in [0, 0.05) is 12.3 Å². The van der Waals surface area contributed by atoms with E-state index in [1.54, 1.807) is 24.3 Å². The molecule has 2 aromatic carbocycles. The van der Waals surface area contributed by atoms with Gasteiger partial charge in [-0.05, 0) is 42.2 Å². The number of hydrogen-bond donors (Lipinski definition) is 1. The predicted octanol–water partition coefficient (Wildman–Crippen LogP) is 4.48. The van der Waals surface area contributed by atoms with E-state index in [0.717, 1.165) is 11.1 Å². The van der Waals surface area contributed by atoms with Gasteiger partial charge in [-0.15, -0.1) is 0 Å². The van der Waals surface area contributed by atoms with Gasteiger partial charge in [-0.2, -0.15) is 0 Å². The molecule has 5 heteroatoms. The highest BCUT2D eigenvalue weighted by molar-refractivity contribution is 5.87. The SMILES string of the molecule is Cc1cc(O)c(C(C)C)cc1N=Cc1ccccc1[N+](=O)[O-]. The first-order valence-electron chi connectivity index (χ1n) is 7.01. The number of phenols is 1. The number of hydrogen-bond acceptors (Lipinski definition) is 4. The second-order valence-electron chi connectivity index (χ2n) is 5.43. The first-order chi connectivity index (χ1) is 10.4. The number of nitrogens with zero attached hydrogens (tertiary/aromatic N) is 2. The fourth-order valence-corrected chi connectivity index (χ4v) is 2.20. The summed E-state index contributed by atoms with van der Waals surface area (Å²) in [5.41, 5.74) is 2.79. The number of aliphatic imine (C=N–C) groups is 1. The number of nitro groups is 1. The van der Waals surface area contributed by atoms with Gasteiger partial charge in [-0.3, -0.25) is 15.1 Å². The quantitative estimate of drug-likeness (QED) is 0.513. The summed E-state index contributed by atoms with van der Waals surface area (Å²) < 4.78 is 0. The summed E-state index contributed by atoms with van der Waals surface area (Å²) >= 11 is 0. The molecule has 114 valence electrons. The maximum absolute atomic E-state index is 11.0. The number of rotatable bonds is 4. The van der Waals surface area contributed by atoms with E-state index in [9.17, 15) is 15.2 Å². The second kappa shape index (κ2) is 6.39. The van der Waals surface area contributed by atoms with Crippen LogP contribution >= 0.6 is 0 Å². The molecule has 0 saturated carbocycles. The van der Waals surface area contributed by atoms with Crippen molar-refractivity contribution in [3.8, 4) is 5.75 Å². The molecule has 0 aliphatic rings. The minimum atomic E-state index is -0.426. The lowest BCUT2D eigenvalue weighted by molar-refractivity contribution is -0.385. The summed E-state index contributed by atoms with van der Waals surface area (Å²) in [6, 6.07) is 9.95. The molecule has 0 atom stereocenters. The van der Waals surface area contributed by atoms with Crippen molar-refractivity contribution in [2.45, 2.75) is 26.7 Å². The highest BCUT2D eigenvalue weighted by Gasteiger charge is 2.12. The monoisotopic (exact) mass is 298 g/mol. The molecule has 0 heterocycles. The summed E-state index contributed by atoms with van der Waals surface area (Å²) in [4.78, 5) is 14.9. The van der Waals surface area contributed by atoms with Crippen molar-refractivity contribution in [1.82, 2.24) is 0 Å². The van der Waals surface area contributed by atoms with Gasteiger partial charge in [-0.1, -0.05) is 26.0 Å². The van der Waals surface area contributed by atoms with E-state index in [2.05, 4.69) is 4.99 Å². The zero-order valence-electron chi connectivity index (χ0n) is 12.8. The lowest BCUT2D eigenvalue weighted by atomic mass is 9.99. The number of phenolic OH excluding ortho intramolecular Hbond substituents is 1. The molecule has 2 aromatic rings. The van der Waals surface area contributed by atoms with Crippen LogP contribution in [0.2, 0.25) is 0 Å².